The van der Waals surface area contributed by atoms with Gasteiger partial charge in [-0.3, -0.25) is 4.57 Å². The molecule has 0 aliphatic heterocycles. The molecule has 0 fully saturated rings. The fourth-order valence-electron chi connectivity index (χ4n) is 1.94. The molecule has 0 radical (unpaired) electrons. The monoisotopic (exact) mass is 315 g/mol. The number of hydrogen-bond donors (Lipinski definition) is 1. The van der Waals surface area contributed by atoms with E-state index < -0.39 is 15.6 Å². The third-order valence-electron chi connectivity index (χ3n) is 2.67. The number of nitrogens with two attached hydrogens (primary N) is 1. The summed E-state index contributed by atoms with van der Waals surface area (Å²) in [7, 11) is -3.94. The highest BCUT2D eigenvalue weighted by atomic mass is 32.2. The van der Waals surface area contributed by atoms with Crippen LogP contribution >= 0.6 is 11.3 Å². The number of hydrogen-bond acceptors (Lipinski definition) is 6. The van der Waals surface area contributed by atoms with E-state index in [0.717, 1.165) is 15.6 Å². The Bertz CT molecular complexity index is 752. The van der Waals surface area contributed by atoms with Crippen LogP contribution in [0.4, 0.5) is 0 Å². The van der Waals surface area contributed by atoms with Gasteiger partial charge in [-0.25, -0.2) is 18.5 Å². The Hall–Kier alpha value is -1.32. The molecule has 2 heterocycles. The topological polar surface area (TPSA) is 104 Å². The van der Waals surface area contributed by atoms with Gasteiger partial charge < -0.3 is 0 Å². The number of thiazole rings is 1. The van der Waals surface area contributed by atoms with Gasteiger partial charge in [0.1, 0.15) is 0 Å². The molecule has 20 heavy (non-hydrogen) atoms. The summed E-state index contributed by atoms with van der Waals surface area (Å²) in [5.74, 6) is 0.477. The second kappa shape index (κ2) is 4.61. The van der Waals surface area contributed by atoms with Crippen molar-refractivity contribution in [3.63, 3.8) is 0 Å². The second-order valence-electron chi connectivity index (χ2n) is 5.50. The van der Waals surface area contributed by atoms with Crippen LogP contribution in [0, 0.1) is 13.8 Å². The van der Waals surface area contributed by atoms with Gasteiger partial charge in [0.2, 0.25) is 0 Å². The molecule has 0 bridgehead atoms. The zero-order valence-electron chi connectivity index (χ0n) is 12.0. The van der Waals surface area contributed by atoms with E-state index in [2.05, 4.69) is 15.2 Å². The summed E-state index contributed by atoms with van der Waals surface area (Å²) in [5, 5.41) is 13.7. The average molecular weight is 315 g/mol. The van der Waals surface area contributed by atoms with E-state index >= 15 is 0 Å². The lowest BCUT2D eigenvalue weighted by atomic mass is 10.1. The van der Waals surface area contributed by atoms with E-state index in [1.165, 1.54) is 11.3 Å². The fourth-order valence-corrected chi connectivity index (χ4v) is 3.61. The van der Waals surface area contributed by atoms with Crippen LogP contribution < -0.4 is 5.14 Å². The minimum Gasteiger partial charge on any atom is -0.291 e. The van der Waals surface area contributed by atoms with Crippen molar-refractivity contribution in [2.24, 2.45) is 5.14 Å². The SMILES string of the molecule is Cc1nc(C)c(-c2nnc(S(N)(=O)=O)n2C(C)(C)C)s1. The van der Waals surface area contributed by atoms with Crippen molar-refractivity contribution in [2.45, 2.75) is 45.3 Å². The molecule has 110 valence electrons. The molecule has 0 unspecified atom stereocenters. The maximum Gasteiger partial charge on any atom is 0.273 e. The third kappa shape index (κ3) is 2.60. The highest BCUT2D eigenvalue weighted by Crippen LogP contribution is 2.33. The maximum absolute atomic E-state index is 11.7. The van der Waals surface area contributed by atoms with E-state index in [4.69, 9.17) is 5.14 Å². The van der Waals surface area contributed by atoms with Crippen molar-refractivity contribution in [3.05, 3.63) is 10.7 Å². The van der Waals surface area contributed by atoms with Crippen molar-refractivity contribution in [1.29, 1.82) is 0 Å². The van der Waals surface area contributed by atoms with E-state index in [-0.39, 0.29) is 5.16 Å². The van der Waals surface area contributed by atoms with Gasteiger partial charge in [0, 0.05) is 5.54 Å². The van der Waals surface area contributed by atoms with Crippen LogP contribution in [0.3, 0.4) is 0 Å². The first kappa shape index (κ1) is 15.1. The minimum atomic E-state index is -3.94. The van der Waals surface area contributed by atoms with Gasteiger partial charge in [-0.1, -0.05) is 0 Å². The van der Waals surface area contributed by atoms with Crippen molar-refractivity contribution in [2.75, 3.05) is 0 Å². The van der Waals surface area contributed by atoms with Crippen LogP contribution in [0.5, 0.6) is 0 Å². The predicted octanol–water partition coefficient (Wildman–Crippen LogP) is 1.42. The van der Waals surface area contributed by atoms with Crippen LogP contribution in [-0.2, 0) is 15.6 Å². The van der Waals surface area contributed by atoms with Crippen molar-refractivity contribution >= 4 is 21.4 Å². The first-order valence-electron chi connectivity index (χ1n) is 5.95. The first-order valence-corrected chi connectivity index (χ1v) is 8.31. The zero-order valence-corrected chi connectivity index (χ0v) is 13.6. The Labute approximate surface area is 121 Å². The molecular formula is C11H17N5O2S2. The maximum atomic E-state index is 11.7. The fraction of sp³-hybridized carbons (Fsp3) is 0.545. The van der Waals surface area contributed by atoms with Gasteiger partial charge in [0.05, 0.1) is 15.6 Å². The average Bonchev–Trinajstić information content (AvgIpc) is 2.79. The summed E-state index contributed by atoms with van der Waals surface area (Å²) >= 11 is 1.45. The highest BCUT2D eigenvalue weighted by molar-refractivity contribution is 7.89. The Morgan fingerprint density at radius 2 is 1.80 bits per heavy atom. The van der Waals surface area contributed by atoms with E-state index in [1.54, 1.807) is 4.57 Å². The number of aryl methyl sites for hydroxylation is 2. The number of sulfonamides is 1. The number of primary sulfonamides is 1. The molecule has 0 atom stereocenters. The standard InChI is InChI=1S/C11H17N5O2S2/c1-6-8(19-7(2)13-6)9-14-15-10(20(12,17)18)16(9)11(3,4)5/h1-5H3,(H2,12,17,18). The molecule has 2 aromatic rings. The lowest BCUT2D eigenvalue weighted by Crippen LogP contribution is -2.29. The van der Waals surface area contributed by atoms with Crippen LogP contribution in [-0.4, -0.2) is 28.2 Å². The molecule has 7 nitrogen and oxygen atoms in total. The molecule has 0 saturated heterocycles. The van der Waals surface area contributed by atoms with Crippen molar-refractivity contribution in [1.82, 2.24) is 19.7 Å². The van der Waals surface area contributed by atoms with Gasteiger partial charge in [-0.2, -0.15) is 0 Å². The largest absolute Gasteiger partial charge is 0.291 e. The number of aromatic nitrogens is 4. The van der Waals surface area contributed by atoms with Gasteiger partial charge in [-0.05, 0) is 34.6 Å². The van der Waals surface area contributed by atoms with Crippen LogP contribution in [0.1, 0.15) is 31.5 Å². The molecule has 2 rings (SSSR count). The van der Waals surface area contributed by atoms with E-state index in [1.807, 2.05) is 34.6 Å². The molecule has 0 aromatic carbocycles. The number of rotatable bonds is 2. The predicted molar refractivity (Wildman–Crippen MR) is 77.0 cm³/mol. The summed E-state index contributed by atoms with van der Waals surface area (Å²) in [4.78, 5) is 5.14. The molecule has 2 aromatic heterocycles. The van der Waals surface area contributed by atoms with Gasteiger partial charge in [-0.15, -0.1) is 21.5 Å². The lowest BCUT2D eigenvalue weighted by Gasteiger charge is -2.23. The molecule has 9 heteroatoms. The first-order chi connectivity index (χ1) is 9.01. The molecule has 0 aliphatic carbocycles. The molecular weight excluding hydrogens is 298 g/mol. The molecule has 0 amide bonds. The van der Waals surface area contributed by atoms with E-state index in [0.29, 0.717) is 5.82 Å². The Morgan fingerprint density at radius 1 is 1.20 bits per heavy atom. The molecule has 0 saturated carbocycles. The smallest absolute Gasteiger partial charge is 0.273 e. The Morgan fingerprint density at radius 3 is 2.20 bits per heavy atom. The summed E-state index contributed by atoms with van der Waals surface area (Å²) in [6, 6.07) is 0. The summed E-state index contributed by atoms with van der Waals surface area (Å²) in [5.41, 5.74) is 0.275. The Balaban J connectivity index is 2.80. The molecule has 0 aliphatic rings. The molecule has 0 spiro atoms. The van der Waals surface area contributed by atoms with Crippen LogP contribution in [0.2, 0.25) is 0 Å². The van der Waals surface area contributed by atoms with Crippen molar-refractivity contribution in [3.8, 4) is 10.7 Å². The van der Waals surface area contributed by atoms with Crippen LogP contribution in [0.25, 0.3) is 10.7 Å². The minimum absolute atomic E-state index is 0.231. The Kier molecular flexibility index (Phi) is 3.47. The highest BCUT2D eigenvalue weighted by Gasteiger charge is 2.30. The zero-order chi connectivity index (χ0) is 15.3. The quantitative estimate of drug-likeness (QED) is 0.902. The third-order valence-corrected chi connectivity index (χ3v) is 4.51. The summed E-state index contributed by atoms with van der Waals surface area (Å²) in [6.07, 6.45) is 0. The van der Waals surface area contributed by atoms with Gasteiger partial charge in [0.25, 0.3) is 15.2 Å². The normalized spacial score (nSPS) is 12.9. The lowest BCUT2D eigenvalue weighted by molar-refractivity contribution is 0.366. The number of nitrogens with zero attached hydrogens (tertiary/aromatic N) is 4. The van der Waals surface area contributed by atoms with Crippen LogP contribution in [0.15, 0.2) is 5.16 Å². The molecule has 2 N–H and O–H groups in total. The second-order valence-corrected chi connectivity index (χ2v) is 8.16. The van der Waals surface area contributed by atoms with E-state index in [9.17, 15) is 8.42 Å². The summed E-state index contributed by atoms with van der Waals surface area (Å²) < 4.78 is 24.9. The van der Waals surface area contributed by atoms with Crippen molar-refractivity contribution < 1.29 is 8.42 Å². The van der Waals surface area contributed by atoms with Gasteiger partial charge in [0.15, 0.2) is 5.82 Å². The van der Waals surface area contributed by atoms with Gasteiger partial charge >= 0.3 is 0 Å². The summed E-state index contributed by atoms with van der Waals surface area (Å²) in [6.45, 7) is 9.37.